The van der Waals surface area contributed by atoms with E-state index in [9.17, 15) is 15.0 Å². The molecule has 0 bridgehead atoms. The molecule has 3 aliphatic rings. The first-order chi connectivity index (χ1) is 15.0. The number of likely N-dealkylation sites (tertiary alicyclic amines) is 1. The largest absolute Gasteiger partial charge is 0.506 e. The van der Waals surface area contributed by atoms with E-state index in [0.717, 1.165) is 43.7 Å². The number of benzene rings is 1. The number of piperidine rings is 1. The van der Waals surface area contributed by atoms with Gasteiger partial charge in [0.25, 0.3) is 0 Å². The zero-order valence-corrected chi connectivity index (χ0v) is 17.8. The lowest BCUT2D eigenvalue weighted by Gasteiger charge is -2.33. The van der Waals surface area contributed by atoms with Gasteiger partial charge in [-0.1, -0.05) is 31.2 Å². The van der Waals surface area contributed by atoms with Crippen molar-refractivity contribution in [3.05, 3.63) is 59.5 Å². The van der Waals surface area contributed by atoms with Crippen LogP contribution >= 0.6 is 0 Å². The third-order valence-electron chi connectivity index (χ3n) is 6.22. The number of amides is 1. The van der Waals surface area contributed by atoms with Crippen LogP contribution in [0.4, 0.5) is 5.69 Å². The summed E-state index contributed by atoms with van der Waals surface area (Å²) in [5.74, 6) is 0.116. The number of dihydropyridines is 1. The molecular formula is C24H30N4O3. The second-order valence-electron chi connectivity index (χ2n) is 8.67. The van der Waals surface area contributed by atoms with E-state index in [4.69, 9.17) is 0 Å². The number of anilines is 1. The molecule has 1 aliphatic carbocycles. The van der Waals surface area contributed by atoms with Crippen LogP contribution in [0.1, 0.15) is 31.7 Å². The molecule has 2 aliphatic heterocycles. The first kappa shape index (κ1) is 21.3. The highest BCUT2D eigenvalue weighted by molar-refractivity contribution is 5.90. The fourth-order valence-electron chi connectivity index (χ4n) is 4.41. The number of aliphatic imine (C=N–C) groups is 1. The van der Waals surface area contributed by atoms with Crippen LogP contribution in [-0.2, 0) is 11.4 Å². The van der Waals surface area contributed by atoms with E-state index < -0.39 is 0 Å². The van der Waals surface area contributed by atoms with Gasteiger partial charge in [-0.05, 0) is 37.5 Å². The standard InChI is InChI=1S/C24H30N4O3/c1-24-10-3-2-7-21(24)25-14-19(13-24)26-22(31)15-28-11-8-18(9-12-28)27-23-17(16-29)5-4-6-20(23)30/h2-7,13-14,18,27,29-30H,8-12,15-16H2,1H3,(H,26,31). The molecule has 2 heterocycles. The van der Waals surface area contributed by atoms with E-state index in [1.807, 2.05) is 12.2 Å². The molecule has 164 valence electrons. The molecule has 1 fully saturated rings. The van der Waals surface area contributed by atoms with Crippen LogP contribution in [0.5, 0.6) is 5.75 Å². The van der Waals surface area contributed by atoms with Crippen molar-refractivity contribution in [2.45, 2.75) is 38.8 Å². The number of nitrogens with one attached hydrogen (secondary N) is 2. The zero-order valence-electron chi connectivity index (χ0n) is 17.8. The quantitative estimate of drug-likeness (QED) is 0.529. The monoisotopic (exact) mass is 422 g/mol. The molecule has 31 heavy (non-hydrogen) atoms. The van der Waals surface area contributed by atoms with Gasteiger partial charge >= 0.3 is 0 Å². The number of aromatic hydroxyl groups is 1. The molecular weight excluding hydrogens is 392 g/mol. The number of carbonyl (C=O) groups excluding carboxylic acids is 1. The van der Waals surface area contributed by atoms with Crippen LogP contribution in [-0.4, -0.2) is 52.9 Å². The minimum Gasteiger partial charge on any atom is -0.506 e. The van der Waals surface area contributed by atoms with Gasteiger partial charge in [0, 0.05) is 30.1 Å². The second kappa shape index (κ2) is 9.08. The van der Waals surface area contributed by atoms with Crippen molar-refractivity contribution >= 4 is 17.8 Å². The lowest BCUT2D eigenvalue weighted by molar-refractivity contribution is -0.121. The SMILES string of the molecule is CC12C=C(NC(=O)CN3CCC(Nc4c(O)cccc4CO)CC3)C=NC1=CC=CC2. The van der Waals surface area contributed by atoms with Crippen LogP contribution < -0.4 is 10.6 Å². The molecule has 1 aromatic carbocycles. The Morgan fingerprint density at radius 1 is 1.32 bits per heavy atom. The maximum Gasteiger partial charge on any atom is 0.238 e. The second-order valence-corrected chi connectivity index (χ2v) is 8.67. The van der Waals surface area contributed by atoms with E-state index in [1.165, 1.54) is 0 Å². The van der Waals surface area contributed by atoms with Gasteiger partial charge < -0.3 is 20.8 Å². The van der Waals surface area contributed by atoms with Gasteiger partial charge in [0.15, 0.2) is 0 Å². The molecule has 4 N–H and O–H groups in total. The minimum absolute atomic E-state index is 0.0326. The van der Waals surface area contributed by atoms with Gasteiger partial charge in [-0.3, -0.25) is 14.7 Å². The van der Waals surface area contributed by atoms with Crippen LogP contribution in [0.2, 0.25) is 0 Å². The van der Waals surface area contributed by atoms with E-state index in [-0.39, 0.29) is 29.7 Å². The van der Waals surface area contributed by atoms with Crippen LogP contribution in [0, 0.1) is 5.41 Å². The zero-order chi connectivity index (χ0) is 21.8. The normalized spacial score (nSPS) is 23.7. The summed E-state index contributed by atoms with van der Waals surface area (Å²) in [6, 6.07) is 5.33. The summed E-state index contributed by atoms with van der Waals surface area (Å²) in [6.07, 6.45) is 12.6. The number of para-hydroxylation sites is 1. The third kappa shape index (κ3) is 4.89. The maximum absolute atomic E-state index is 12.6. The average Bonchev–Trinajstić information content (AvgIpc) is 2.75. The molecule has 0 radical (unpaired) electrons. The highest BCUT2D eigenvalue weighted by Gasteiger charge is 2.30. The number of aliphatic hydroxyl groups excluding tert-OH is 1. The van der Waals surface area contributed by atoms with E-state index >= 15 is 0 Å². The molecule has 7 nitrogen and oxygen atoms in total. The Hall–Kier alpha value is -2.90. The van der Waals surface area contributed by atoms with Crippen LogP contribution in [0.15, 0.2) is 58.9 Å². The fraction of sp³-hybridized carbons (Fsp3) is 0.417. The summed E-state index contributed by atoms with van der Waals surface area (Å²) in [5.41, 5.74) is 2.91. The summed E-state index contributed by atoms with van der Waals surface area (Å²) >= 11 is 0. The number of phenolic OH excluding ortho intramolecular Hbond substituents is 1. The number of hydrogen-bond acceptors (Lipinski definition) is 6. The molecule has 1 atom stereocenters. The fourth-order valence-corrected chi connectivity index (χ4v) is 4.41. The molecule has 0 aromatic heterocycles. The number of rotatable bonds is 6. The first-order valence-corrected chi connectivity index (χ1v) is 10.8. The summed E-state index contributed by atoms with van der Waals surface area (Å²) < 4.78 is 0. The number of hydrogen-bond donors (Lipinski definition) is 4. The predicted molar refractivity (Wildman–Crippen MR) is 122 cm³/mol. The number of nitrogens with zero attached hydrogens (tertiary/aromatic N) is 2. The van der Waals surface area contributed by atoms with Gasteiger partial charge in [0.05, 0.1) is 36.4 Å². The molecule has 0 spiro atoms. The molecule has 1 unspecified atom stereocenters. The smallest absolute Gasteiger partial charge is 0.238 e. The van der Waals surface area contributed by atoms with Crippen molar-refractivity contribution < 1.29 is 15.0 Å². The van der Waals surface area contributed by atoms with Crippen LogP contribution in [0.25, 0.3) is 0 Å². The number of fused-ring (bicyclic) bond motifs is 1. The molecule has 1 aromatic rings. The highest BCUT2D eigenvalue weighted by Crippen LogP contribution is 2.39. The number of phenols is 1. The van der Waals surface area contributed by atoms with E-state index in [0.29, 0.717) is 17.8 Å². The lowest BCUT2D eigenvalue weighted by atomic mass is 9.78. The first-order valence-electron chi connectivity index (χ1n) is 10.8. The Bertz CT molecular complexity index is 958. The van der Waals surface area contributed by atoms with Crippen molar-refractivity contribution in [3.8, 4) is 5.75 Å². The Kier molecular flexibility index (Phi) is 6.25. The minimum atomic E-state index is -0.160. The lowest BCUT2D eigenvalue weighted by Crippen LogP contribution is -2.44. The van der Waals surface area contributed by atoms with Crippen molar-refractivity contribution in [1.82, 2.24) is 10.2 Å². The van der Waals surface area contributed by atoms with Crippen LogP contribution in [0.3, 0.4) is 0 Å². The maximum atomic E-state index is 12.6. The van der Waals surface area contributed by atoms with Crippen molar-refractivity contribution in [3.63, 3.8) is 0 Å². The molecule has 0 saturated carbocycles. The van der Waals surface area contributed by atoms with Gasteiger partial charge in [-0.25, -0.2) is 0 Å². The summed E-state index contributed by atoms with van der Waals surface area (Å²) in [4.78, 5) is 19.2. The molecule has 4 rings (SSSR count). The Labute approximate surface area is 182 Å². The molecule has 1 saturated heterocycles. The van der Waals surface area contributed by atoms with E-state index in [1.54, 1.807) is 24.4 Å². The summed E-state index contributed by atoms with van der Waals surface area (Å²) in [7, 11) is 0. The van der Waals surface area contributed by atoms with Crippen molar-refractivity contribution in [2.75, 3.05) is 25.0 Å². The Morgan fingerprint density at radius 3 is 2.90 bits per heavy atom. The van der Waals surface area contributed by atoms with E-state index in [2.05, 4.69) is 39.6 Å². The Balaban J connectivity index is 1.27. The molecule has 1 amide bonds. The average molecular weight is 423 g/mol. The summed E-state index contributed by atoms with van der Waals surface area (Å²) in [6.45, 7) is 3.93. The third-order valence-corrected chi connectivity index (χ3v) is 6.22. The predicted octanol–water partition coefficient (Wildman–Crippen LogP) is 2.70. The summed E-state index contributed by atoms with van der Waals surface area (Å²) in [5, 5.41) is 26.0. The number of carbonyl (C=O) groups is 1. The van der Waals surface area contributed by atoms with Crippen molar-refractivity contribution in [2.24, 2.45) is 10.4 Å². The van der Waals surface area contributed by atoms with Gasteiger partial charge in [0.2, 0.25) is 5.91 Å². The van der Waals surface area contributed by atoms with Gasteiger partial charge in [-0.2, -0.15) is 0 Å². The number of allylic oxidation sites excluding steroid dienone is 5. The highest BCUT2D eigenvalue weighted by atomic mass is 16.3. The number of aliphatic hydroxyl groups is 1. The van der Waals surface area contributed by atoms with Gasteiger partial charge in [0.1, 0.15) is 5.75 Å². The topological polar surface area (TPSA) is 97.2 Å². The van der Waals surface area contributed by atoms with Gasteiger partial charge in [-0.15, -0.1) is 0 Å². The Morgan fingerprint density at radius 2 is 2.13 bits per heavy atom. The van der Waals surface area contributed by atoms with Crippen molar-refractivity contribution in [1.29, 1.82) is 0 Å². The molecule has 7 heteroatoms.